The lowest BCUT2D eigenvalue weighted by atomic mass is 9.92. The molecule has 0 aliphatic carbocycles. The summed E-state index contributed by atoms with van der Waals surface area (Å²) < 4.78 is 13.1. The Labute approximate surface area is 521 Å². The van der Waals surface area contributed by atoms with E-state index in [1.165, 1.54) is 24.3 Å². The van der Waals surface area contributed by atoms with E-state index in [1.807, 2.05) is 103 Å². The third-order valence-electron chi connectivity index (χ3n) is 14.7. The number of nitrogens with one attached hydrogen (secondary N) is 3. The van der Waals surface area contributed by atoms with Gasteiger partial charge in [-0.15, -0.1) is 0 Å². The van der Waals surface area contributed by atoms with Crippen LogP contribution in [0.1, 0.15) is 170 Å². The van der Waals surface area contributed by atoms with Crippen LogP contribution in [0, 0.1) is 11.2 Å². The van der Waals surface area contributed by atoms with Gasteiger partial charge in [-0.2, -0.15) is 0 Å². The summed E-state index contributed by atoms with van der Waals surface area (Å²) in [5, 5.41) is 37.1. The van der Waals surface area contributed by atoms with Gasteiger partial charge in [-0.3, -0.25) is 14.4 Å². The number of carbonyl (C=O) groups is 6. The summed E-state index contributed by atoms with van der Waals surface area (Å²) in [6.07, 6.45) is 13.8. The first-order valence-corrected chi connectivity index (χ1v) is 30.3. The quantitative estimate of drug-likeness (QED) is 0.0271. The molecule has 8 rings (SSSR count). The number of carboxylic acids is 3. The molecule has 0 fully saturated rings. The van der Waals surface area contributed by atoms with E-state index in [-0.39, 0.29) is 29.0 Å². The fourth-order valence-electron chi connectivity index (χ4n) is 10.2. The summed E-state index contributed by atoms with van der Waals surface area (Å²) in [6, 6.07) is 57.3. The van der Waals surface area contributed by atoms with Gasteiger partial charge in [-0.25, -0.2) is 18.8 Å². The molecule has 88 heavy (non-hydrogen) atoms. The molecule has 458 valence electrons. The van der Waals surface area contributed by atoms with Crippen LogP contribution in [-0.2, 0) is 43.3 Å². The second-order valence-corrected chi connectivity index (χ2v) is 23.1. The Balaban J connectivity index is 0.000000211. The lowest BCUT2D eigenvalue weighted by Gasteiger charge is -2.18. The number of rotatable bonds is 27. The van der Waals surface area contributed by atoms with E-state index in [0.29, 0.717) is 39.3 Å². The molecule has 3 amide bonds. The van der Waals surface area contributed by atoms with Gasteiger partial charge in [0.15, 0.2) is 0 Å². The SMILES string of the molecule is CC(C)(C)CC(=O)Nc1ccccc1CCCCCc1ccccc1C(=O)O.O=C(Nc1ccccc1CCCCCc1ccccc1C(=O)O)c1ccc(F)cc1.O=C(Nc1ccccc1CCCCCc1ccccc1C(=O)O)c1ccccc1Cl. The molecule has 0 saturated carbocycles. The number of benzene rings is 8. The monoisotopic (exact) mass is 1210 g/mol. The van der Waals surface area contributed by atoms with Gasteiger partial charge in [0, 0.05) is 29.0 Å². The number of carboxylic acid groups (broad SMARTS) is 3. The highest BCUT2D eigenvalue weighted by Crippen LogP contribution is 2.26. The number of halogens is 2. The van der Waals surface area contributed by atoms with E-state index in [0.717, 1.165) is 147 Å². The molecule has 0 aliphatic heterocycles. The zero-order chi connectivity index (χ0) is 63.3. The molecule has 8 aromatic rings. The number of anilines is 3. The number of hydrogen-bond donors (Lipinski definition) is 6. The number of unbranched alkanes of at least 4 members (excludes halogenated alkanes) is 6. The van der Waals surface area contributed by atoms with Crippen LogP contribution in [0.25, 0.3) is 0 Å². The minimum Gasteiger partial charge on any atom is -0.478 e. The van der Waals surface area contributed by atoms with Crippen molar-refractivity contribution in [2.24, 2.45) is 5.41 Å². The van der Waals surface area contributed by atoms with E-state index in [2.05, 4.69) is 42.8 Å². The number of amides is 3. The van der Waals surface area contributed by atoms with Gasteiger partial charge < -0.3 is 31.3 Å². The summed E-state index contributed by atoms with van der Waals surface area (Å²) >= 11 is 6.13. The van der Waals surface area contributed by atoms with Gasteiger partial charge in [0.05, 0.1) is 27.3 Å². The Morgan fingerprint density at radius 1 is 0.364 bits per heavy atom. The van der Waals surface area contributed by atoms with Crippen LogP contribution < -0.4 is 16.0 Å². The predicted octanol–water partition coefficient (Wildman–Crippen LogP) is 17.7. The molecule has 8 aromatic carbocycles. The van der Waals surface area contributed by atoms with Crippen molar-refractivity contribution in [3.8, 4) is 0 Å². The van der Waals surface area contributed by atoms with Gasteiger partial charge >= 0.3 is 17.9 Å². The Morgan fingerprint density at radius 3 is 1.01 bits per heavy atom. The molecule has 0 spiro atoms. The molecule has 12 nitrogen and oxygen atoms in total. The van der Waals surface area contributed by atoms with Crippen molar-refractivity contribution in [3.05, 3.63) is 266 Å². The standard InChI is InChI=1S/C25H24ClNO3.C25H24FNO3.C24H31NO3/c26-22-16-8-7-15-21(22)24(28)27-23-17-9-5-13-19(23)12-3-1-2-10-18-11-4-6-14-20(18)25(29)30;26-21-16-14-20(15-17-21)24(28)27-23-13-7-5-11-19(23)10-3-1-2-8-18-9-4-6-12-22(18)25(29)30;1-24(2,3)17-22(26)25-21-16-10-8-14-19(21)13-6-4-5-11-18-12-7-9-15-20(18)23(27)28/h4-9,11,13-17H,1-3,10,12H2,(H,27,28)(H,29,30);4-7,9,11-17H,1-3,8,10H2,(H,27,28)(H,29,30);7-10,12,14-16H,4-6,11,13,17H2,1-3H3,(H,25,26)(H,27,28). The van der Waals surface area contributed by atoms with E-state index in [9.17, 15) is 48.5 Å². The molecule has 0 radical (unpaired) electrons. The van der Waals surface area contributed by atoms with Crippen LogP contribution in [-0.4, -0.2) is 50.9 Å². The first-order valence-electron chi connectivity index (χ1n) is 30.0. The maximum atomic E-state index is 13.1. The highest BCUT2D eigenvalue weighted by atomic mass is 35.5. The van der Waals surface area contributed by atoms with Gasteiger partial charge in [0.25, 0.3) is 11.8 Å². The minimum absolute atomic E-state index is 0.0364. The molecule has 0 aliphatic rings. The van der Waals surface area contributed by atoms with Crippen LogP contribution in [0.15, 0.2) is 194 Å². The van der Waals surface area contributed by atoms with Crippen molar-refractivity contribution in [2.45, 2.75) is 124 Å². The third kappa shape index (κ3) is 22.9. The number of aromatic carboxylic acids is 3. The average Bonchev–Trinajstić information content (AvgIpc) is 3.62. The molecule has 14 heteroatoms. The fourth-order valence-corrected chi connectivity index (χ4v) is 10.4. The molecule has 0 saturated heterocycles. The maximum absolute atomic E-state index is 13.1. The van der Waals surface area contributed by atoms with Crippen molar-refractivity contribution in [1.82, 2.24) is 0 Å². The Kier molecular flexibility index (Phi) is 27.3. The fraction of sp³-hybridized carbons (Fsp3) is 0.270. The van der Waals surface area contributed by atoms with E-state index >= 15 is 0 Å². The van der Waals surface area contributed by atoms with Crippen molar-refractivity contribution >= 4 is 64.3 Å². The van der Waals surface area contributed by atoms with Crippen molar-refractivity contribution in [2.75, 3.05) is 16.0 Å². The number of aryl methyl sites for hydroxylation is 6. The summed E-state index contributed by atoms with van der Waals surface area (Å²) in [5.41, 5.74) is 10.3. The van der Waals surface area contributed by atoms with Crippen molar-refractivity contribution < 1.29 is 48.5 Å². The Hall–Kier alpha value is -9.20. The van der Waals surface area contributed by atoms with Crippen LogP contribution >= 0.6 is 11.6 Å². The second kappa shape index (κ2) is 35.4. The highest BCUT2D eigenvalue weighted by Gasteiger charge is 2.18. The summed E-state index contributed by atoms with van der Waals surface area (Å²) in [5.74, 6) is -3.46. The summed E-state index contributed by atoms with van der Waals surface area (Å²) in [6.45, 7) is 6.17. The largest absolute Gasteiger partial charge is 0.478 e. The van der Waals surface area contributed by atoms with Crippen molar-refractivity contribution in [1.29, 1.82) is 0 Å². The van der Waals surface area contributed by atoms with Gasteiger partial charge in [0.2, 0.25) is 5.91 Å². The molecular formula is C74H79ClFN3O9. The topological polar surface area (TPSA) is 199 Å². The lowest BCUT2D eigenvalue weighted by molar-refractivity contribution is -0.117. The van der Waals surface area contributed by atoms with Gasteiger partial charge in [-0.1, -0.05) is 173 Å². The molecular weight excluding hydrogens is 1130 g/mol. The zero-order valence-corrected chi connectivity index (χ0v) is 51.1. The number of carbonyl (C=O) groups excluding carboxylic acids is 3. The first-order chi connectivity index (χ1) is 42.4. The van der Waals surface area contributed by atoms with Crippen molar-refractivity contribution in [3.63, 3.8) is 0 Å². The Bertz CT molecular complexity index is 3600. The smallest absolute Gasteiger partial charge is 0.335 e. The molecule has 0 atom stereocenters. The zero-order valence-electron chi connectivity index (χ0n) is 50.3. The molecule has 6 N–H and O–H groups in total. The second-order valence-electron chi connectivity index (χ2n) is 22.7. The van der Waals surface area contributed by atoms with Crippen LogP contribution in [0.2, 0.25) is 5.02 Å². The normalized spacial score (nSPS) is 10.8. The summed E-state index contributed by atoms with van der Waals surface area (Å²) in [7, 11) is 0. The van der Waals surface area contributed by atoms with Crippen LogP contribution in [0.5, 0.6) is 0 Å². The summed E-state index contributed by atoms with van der Waals surface area (Å²) in [4.78, 5) is 71.1. The number of para-hydroxylation sites is 3. The third-order valence-corrected chi connectivity index (χ3v) is 15.0. The first kappa shape index (κ1) is 67.9. The van der Waals surface area contributed by atoms with Crippen LogP contribution in [0.4, 0.5) is 21.5 Å². The predicted molar refractivity (Wildman–Crippen MR) is 350 cm³/mol. The Morgan fingerprint density at radius 2 is 0.659 bits per heavy atom. The number of hydrogen-bond acceptors (Lipinski definition) is 6. The lowest BCUT2D eigenvalue weighted by Crippen LogP contribution is -2.20. The van der Waals surface area contributed by atoms with E-state index < -0.39 is 17.9 Å². The highest BCUT2D eigenvalue weighted by molar-refractivity contribution is 6.34. The molecule has 0 aromatic heterocycles. The average molecular weight is 1210 g/mol. The van der Waals surface area contributed by atoms with E-state index in [1.54, 1.807) is 60.7 Å². The van der Waals surface area contributed by atoms with Gasteiger partial charge in [0.1, 0.15) is 5.82 Å². The molecule has 0 heterocycles. The van der Waals surface area contributed by atoms with E-state index in [4.69, 9.17) is 11.6 Å². The minimum atomic E-state index is -0.892. The molecule has 0 bridgehead atoms. The van der Waals surface area contributed by atoms with Gasteiger partial charge in [-0.05, 0) is 189 Å². The molecule has 0 unspecified atom stereocenters. The maximum Gasteiger partial charge on any atom is 0.335 e. The van der Waals surface area contributed by atoms with Crippen LogP contribution in [0.3, 0.4) is 0 Å².